The zero-order chi connectivity index (χ0) is 13.4. The third-order valence-electron chi connectivity index (χ3n) is 1.78. The summed E-state index contributed by atoms with van der Waals surface area (Å²) in [6, 6.07) is -1.42. The van der Waals surface area contributed by atoms with Gasteiger partial charge in [-0.05, 0) is 6.92 Å². The van der Waals surface area contributed by atoms with E-state index in [1.165, 1.54) is 6.92 Å². The number of carboxylic acid groups (broad SMARTS) is 1. The van der Waals surface area contributed by atoms with Crippen LogP contribution in [0, 0.1) is 0 Å². The molecule has 6 nitrogen and oxygen atoms in total. The highest BCUT2D eigenvalue weighted by Gasteiger charge is 2.24. The molecule has 0 aliphatic heterocycles. The Labute approximate surface area is 96.6 Å². The number of ether oxygens (including phenoxy) is 1. The Hall–Kier alpha value is -1.28. The van der Waals surface area contributed by atoms with Crippen molar-refractivity contribution in [3.05, 3.63) is 0 Å². The van der Waals surface area contributed by atoms with Crippen molar-refractivity contribution in [3.63, 3.8) is 0 Å². The number of alkyl halides is 2. The summed E-state index contributed by atoms with van der Waals surface area (Å²) < 4.78 is 27.7. The molecule has 0 aromatic carbocycles. The molecule has 100 valence electrons. The fourth-order valence-corrected chi connectivity index (χ4v) is 0.972. The summed E-state index contributed by atoms with van der Waals surface area (Å²) in [4.78, 5) is 21.7. The SMILES string of the molecule is CC(O)C(NC(=O)CCOCC(F)F)C(=O)O. The highest BCUT2D eigenvalue weighted by atomic mass is 19.3. The van der Waals surface area contributed by atoms with Crippen molar-refractivity contribution < 1.29 is 33.3 Å². The van der Waals surface area contributed by atoms with Crippen LogP contribution >= 0.6 is 0 Å². The van der Waals surface area contributed by atoms with Gasteiger partial charge in [0.15, 0.2) is 6.04 Å². The first-order valence-electron chi connectivity index (χ1n) is 4.90. The Morgan fingerprint density at radius 2 is 2.00 bits per heavy atom. The van der Waals surface area contributed by atoms with Crippen LogP contribution in [0.4, 0.5) is 8.78 Å². The van der Waals surface area contributed by atoms with Crippen LogP contribution in [0.15, 0.2) is 0 Å². The lowest BCUT2D eigenvalue weighted by molar-refractivity contribution is -0.145. The molecule has 0 bridgehead atoms. The average molecular weight is 255 g/mol. The molecule has 0 fully saturated rings. The molecule has 1 amide bonds. The van der Waals surface area contributed by atoms with Crippen molar-refractivity contribution in [2.24, 2.45) is 0 Å². The van der Waals surface area contributed by atoms with Gasteiger partial charge >= 0.3 is 5.97 Å². The predicted molar refractivity (Wildman–Crippen MR) is 52.7 cm³/mol. The van der Waals surface area contributed by atoms with Crippen LogP contribution in [-0.2, 0) is 14.3 Å². The Morgan fingerprint density at radius 1 is 1.41 bits per heavy atom. The number of carbonyl (C=O) groups excluding carboxylic acids is 1. The first-order valence-corrected chi connectivity index (χ1v) is 4.90. The second-order valence-corrected chi connectivity index (χ2v) is 3.34. The molecule has 0 aromatic heterocycles. The van der Waals surface area contributed by atoms with E-state index in [1.807, 2.05) is 5.32 Å². The predicted octanol–water partition coefficient (Wildman–Crippen LogP) is -0.392. The molecular weight excluding hydrogens is 240 g/mol. The van der Waals surface area contributed by atoms with Crippen molar-refractivity contribution in [2.45, 2.75) is 31.9 Å². The van der Waals surface area contributed by atoms with E-state index in [1.54, 1.807) is 0 Å². The monoisotopic (exact) mass is 255 g/mol. The number of hydrogen-bond acceptors (Lipinski definition) is 4. The van der Waals surface area contributed by atoms with E-state index in [0.717, 1.165) is 0 Å². The van der Waals surface area contributed by atoms with Gasteiger partial charge in [-0.2, -0.15) is 0 Å². The quantitative estimate of drug-likeness (QED) is 0.513. The van der Waals surface area contributed by atoms with Gasteiger partial charge in [-0.3, -0.25) is 4.79 Å². The minimum atomic E-state index is -2.61. The first kappa shape index (κ1) is 15.7. The molecule has 17 heavy (non-hydrogen) atoms. The van der Waals surface area contributed by atoms with Crippen LogP contribution in [-0.4, -0.2) is 53.9 Å². The number of amides is 1. The number of carbonyl (C=O) groups is 2. The van der Waals surface area contributed by atoms with Gasteiger partial charge in [-0.1, -0.05) is 0 Å². The van der Waals surface area contributed by atoms with E-state index in [2.05, 4.69) is 4.74 Å². The maximum absolute atomic E-state index is 11.6. The van der Waals surface area contributed by atoms with Crippen LogP contribution in [0.1, 0.15) is 13.3 Å². The van der Waals surface area contributed by atoms with Crippen LogP contribution in [0.5, 0.6) is 0 Å². The molecule has 0 heterocycles. The number of hydrogen-bond donors (Lipinski definition) is 3. The lowest BCUT2D eigenvalue weighted by Gasteiger charge is -2.16. The van der Waals surface area contributed by atoms with E-state index in [9.17, 15) is 18.4 Å². The smallest absolute Gasteiger partial charge is 0.328 e. The second-order valence-electron chi connectivity index (χ2n) is 3.34. The van der Waals surface area contributed by atoms with E-state index in [-0.39, 0.29) is 13.0 Å². The Kier molecular flexibility index (Phi) is 7.31. The van der Waals surface area contributed by atoms with Gasteiger partial charge in [0.1, 0.15) is 6.61 Å². The first-order chi connectivity index (χ1) is 7.84. The van der Waals surface area contributed by atoms with E-state index >= 15 is 0 Å². The number of aliphatic hydroxyl groups is 1. The molecule has 0 aliphatic rings. The molecule has 0 saturated heterocycles. The molecule has 0 spiro atoms. The van der Waals surface area contributed by atoms with Gasteiger partial charge in [-0.15, -0.1) is 0 Å². The fraction of sp³-hybridized carbons (Fsp3) is 0.778. The van der Waals surface area contributed by atoms with Crippen molar-refractivity contribution in [1.29, 1.82) is 0 Å². The molecule has 8 heteroatoms. The number of halogens is 2. The van der Waals surface area contributed by atoms with Gasteiger partial charge in [0.05, 0.1) is 12.7 Å². The maximum Gasteiger partial charge on any atom is 0.328 e. The van der Waals surface area contributed by atoms with E-state index < -0.39 is 37.1 Å². The van der Waals surface area contributed by atoms with E-state index in [4.69, 9.17) is 10.2 Å². The Morgan fingerprint density at radius 3 is 2.41 bits per heavy atom. The zero-order valence-corrected chi connectivity index (χ0v) is 9.23. The Balaban J connectivity index is 3.87. The standard InChI is InChI=1S/C9H15F2NO5/c1-5(13)8(9(15)16)12-7(14)2-3-17-4-6(10)11/h5-6,8,13H,2-4H2,1H3,(H,12,14)(H,15,16). The summed E-state index contributed by atoms with van der Waals surface area (Å²) >= 11 is 0. The normalized spacial score (nSPS) is 14.4. The third kappa shape index (κ3) is 7.58. The molecule has 2 atom stereocenters. The lowest BCUT2D eigenvalue weighted by atomic mass is 10.2. The van der Waals surface area contributed by atoms with Crippen molar-refractivity contribution in [2.75, 3.05) is 13.2 Å². The second kappa shape index (κ2) is 7.91. The molecule has 3 N–H and O–H groups in total. The maximum atomic E-state index is 11.6. The van der Waals surface area contributed by atoms with Gasteiger partial charge in [0, 0.05) is 6.42 Å². The zero-order valence-electron chi connectivity index (χ0n) is 9.23. The van der Waals surface area contributed by atoms with Crippen molar-refractivity contribution in [3.8, 4) is 0 Å². The van der Waals surface area contributed by atoms with E-state index in [0.29, 0.717) is 0 Å². The molecule has 2 unspecified atom stereocenters. The summed E-state index contributed by atoms with van der Waals surface area (Å²) in [5, 5.41) is 19.7. The van der Waals surface area contributed by atoms with Gasteiger partial charge in [-0.25, -0.2) is 13.6 Å². The largest absolute Gasteiger partial charge is 0.480 e. The number of rotatable bonds is 8. The fourth-order valence-electron chi connectivity index (χ4n) is 0.972. The average Bonchev–Trinajstić information content (AvgIpc) is 2.19. The van der Waals surface area contributed by atoms with Gasteiger partial charge < -0.3 is 20.3 Å². The van der Waals surface area contributed by atoms with Crippen LogP contribution < -0.4 is 5.32 Å². The topological polar surface area (TPSA) is 95.9 Å². The van der Waals surface area contributed by atoms with Crippen LogP contribution in [0.3, 0.4) is 0 Å². The summed E-state index contributed by atoms with van der Waals surface area (Å²) in [5.41, 5.74) is 0. The summed E-state index contributed by atoms with van der Waals surface area (Å²) in [6.45, 7) is 0.209. The number of carboxylic acids is 1. The molecule has 0 aromatic rings. The number of nitrogens with one attached hydrogen (secondary N) is 1. The summed E-state index contributed by atoms with van der Waals surface area (Å²) in [6.07, 6.45) is -4.11. The van der Waals surface area contributed by atoms with Crippen LogP contribution in [0.25, 0.3) is 0 Å². The van der Waals surface area contributed by atoms with Gasteiger partial charge in [0.2, 0.25) is 5.91 Å². The summed E-state index contributed by atoms with van der Waals surface area (Å²) in [5.74, 6) is -2.06. The summed E-state index contributed by atoms with van der Waals surface area (Å²) in [7, 11) is 0. The third-order valence-corrected chi connectivity index (χ3v) is 1.78. The van der Waals surface area contributed by atoms with Crippen molar-refractivity contribution in [1.82, 2.24) is 5.32 Å². The van der Waals surface area contributed by atoms with Gasteiger partial charge in [0.25, 0.3) is 6.43 Å². The highest BCUT2D eigenvalue weighted by Crippen LogP contribution is 1.96. The number of aliphatic carboxylic acids is 1. The minimum absolute atomic E-state index is 0.234. The minimum Gasteiger partial charge on any atom is -0.480 e. The molecule has 0 radical (unpaired) electrons. The molecule has 0 saturated carbocycles. The highest BCUT2D eigenvalue weighted by molar-refractivity contribution is 5.83. The lowest BCUT2D eigenvalue weighted by Crippen LogP contribution is -2.47. The number of aliphatic hydroxyl groups excluding tert-OH is 1. The van der Waals surface area contributed by atoms with Crippen molar-refractivity contribution >= 4 is 11.9 Å². The molecule has 0 rings (SSSR count). The molecule has 0 aliphatic carbocycles. The molecular formula is C9H15F2NO5. The van der Waals surface area contributed by atoms with Crippen LogP contribution in [0.2, 0.25) is 0 Å². The Bertz CT molecular complexity index is 260.